The summed E-state index contributed by atoms with van der Waals surface area (Å²) >= 11 is 0. The molecule has 15 nitrogen and oxygen atoms in total. The Morgan fingerprint density at radius 3 is 2.10 bits per heavy atom. The van der Waals surface area contributed by atoms with Crippen LogP contribution in [-0.2, 0) is 38.1 Å². The van der Waals surface area contributed by atoms with E-state index in [0.29, 0.717) is 5.56 Å². The van der Waals surface area contributed by atoms with Crippen LogP contribution < -0.4 is 5.32 Å². The number of aliphatic hydroxyl groups is 4. The van der Waals surface area contributed by atoms with E-state index < -0.39 is 112 Å². The third-order valence-electron chi connectivity index (χ3n) is 12.6. The highest BCUT2D eigenvalue weighted by Crippen LogP contribution is 2.64. The second kappa shape index (κ2) is 15.2. The highest BCUT2D eigenvalue weighted by molar-refractivity contribution is 5.94. The largest absolute Gasteiger partial charge is 0.456 e. The molecule has 1 unspecified atom stereocenters. The second-order valence-electron chi connectivity index (χ2n) is 17.6. The number of benzene rings is 2. The molecule has 1 heterocycles. The summed E-state index contributed by atoms with van der Waals surface area (Å²) in [5.41, 5.74) is -8.14. The maximum atomic E-state index is 14.9. The predicted molar refractivity (Wildman–Crippen MR) is 204 cm³/mol. The van der Waals surface area contributed by atoms with E-state index in [4.69, 9.17) is 23.7 Å². The number of rotatable bonds is 8. The lowest BCUT2D eigenvalue weighted by molar-refractivity contribution is -0.346. The van der Waals surface area contributed by atoms with Crippen molar-refractivity contribution in [3.05, 3.63) is 82.9 Å². The number of hydrogen-bond donors (Lipinski definition) is 5. The van der Waals surface area contributed by atoms with Crippen molar-refractivity contribution in [1.29, 1.82) is 0 Å². The molecule has 314 valence electrons. The van der Waals surface area contributed by atoms with Crippen LogP contribution in [0.25, 0.3) is 0 Å². The lowest BCUT2D eigenvalue weighted by Gasteiger charge is -2.67. The number of Topliss-reactive ketones (excluding diaryl/α,β-unsaturated/α-hetero) is 1. The first kappa shape index (κ1) is 42.9. The number of alkyl carbamates (subject to hydrolysis) is 1. The van der Waals surface area contributed by atoms with Crippen LogP contribution in [0.15, 0.2) is 71.8 Å². The molecule has 6 rings (SSSR count). The Morgan fingerprint density at radius 1 is 0.948 bits per heavy atom. The Bertz CT molecular complexity index is 1980. The predicted octanol–water partition coefficient (Wildman–Crippen LogP) is 3.26. The molecule has 2 aromatic carbocycles. The topological polar surface area (TPSA) is 224 Å². The van der Waals surface area contributed by atoms with Crippen LogP contribution in [0.4, 0.5) is 4.79 Å². The zero-order valence-electron chi connectivity index (χ0n) is 33.9. The van der Waals surface area contributed by atoms with Crippen molar-refractivity contribution < 1.29 is 68.1 Å². The van der Waals surface area contributed by atoms with Gasteiger partial charge in [0.2, 0.25) is 0 Å². The van der Waals surface area contributed by atoms with Crippen LogP contribution in [0.1, 0.15) is 90.2 Å². The van der Waals surface area contributed by atoms with Gasteiger partial charge >= 0.3 is 24.0 Å². The van der Waals surface area contributed by atoms with E-state index in [1.807, 2.05) is 0 Å². The first-order chi connectivity index (χ1) is 27.0. The van der Waals surface area contributed by atoms with Gasteiger partial charge in [-0.3, -0.25) is 9.59 Å². The Hall–Kier alpha value is -4.67. The van der Waals surface area contributed by atoms with E-state index in [0.717, 1.165) is 6.92 Å². The molecule has 11 atom stereocenters. The van der Waals surface area contributed by atoms with Gasteiger partial charge in [0, 0.05) is 25.2 Å². The van der Waals surface area contributed by atoms with Crippen LogP contribution in [0.3, 0.4) is 0 Å². The summed E-state index contributed by atoms with van der Waals surface area (Å²) in [5.74, 6) is -5.36. The minimum atomic E-state index is -2.35. The number of nitrogens with one attached hydrogen (secondary N) is 1. The van der Waals surface area contributed by atoms with E-state index >= 15 is 0 Å². The molecule has 1 saturated heterocycles. The maximum absolute atomic E-state index is 14.9. The Kier molecular flexibility index (Phi) is 11.2. The third kappa shape index (κ3) is 7.10. The first-order valence-electron chi connectivity index (χ1n) is 19.3. The zero-order valence-corrected chi connectivity index (χ0v) is 33.9. The fraction of sp³-hybridized carbons (Fsp3) is 0.558. The van der Waals surface area contributed by atoms with Crippen molar-refractivity contribution in [1.82, 2.24) is 5.32 Å². The third-order valence-corrected chi connectivity index (χ3v) is 12.6. The molecule has 1 amide bonds. The Labute approximate surface area is 336 Å². The quantitative estimate of drug-likeness (QED) is 0.147. The molecule has 1 aliphatic heterocycles. The van der Waals surface area contributed by atoms with Gasteiger partial charge < -0.3 is 49.4 Å². The Morgan fingerprint density at radius 2 is 1.55 bits per heavy atom. The number of aliphatic hydroxyl groups excluding tert-OH is 3. The lowest BCUT2D eigenvalue weighted by atomic mass is 9.44. The standard InChI is InChI=1S/C43H53NO14/c1-22-26(55-37(51)32(48)30(24-15-11-9-12-16-24)44-38(52)58-39(3,4)5)20-43(53)35(56-36(50)25-17-13-10-14-18-25)33-41(8,34(49)31(47)29(22)40(43,6)7)27(46)19-28-42(33,21-54-28)57-23(2)45/h9-18,26-28,30-33,35,46-48,53H,19-21H2,1-8H3,(H,44,52)/t26-,27-,28+,30?,31+,32+,33-,35-,41+,42-,43+/m0/s1. The Balaban J connectivity index is 1.49. The smallest absolute Gasteiger partial charge is 0.408 e. The van der Waals surface area contributed by atoms with E-state index in [-0.39, 0.29) is 29.7 Å². The molecular formula is C43H53NO14. The molecule has 5 N–H and O–H groups in total. The minimum Gasteiger partial charge on any atom is -0.456 e. The van der Waals surface area contributed by atoms with Gasteiger partial charge in [-0.2, -0.15) is 0 Å². The molecule has 58 heavy (non-hydrogen) atoms. The number of ether oxygens (including phenoxy) is 5. The van der Waals surface area contributed by atoms with Gasteiger partial charge in [0.1, 0.15) is 35.6 Å². The molecule has 2 aromatic rings. The molecule has 4 aliphatic rings. The van der Waals surface area contributed by atoms with Crippen molar-refractivity contribution in [2.45, 2.75) is 128 Å². The summed E-state index contributed by atoms with van der Waals surface area (Å²) in [4.78, 5) is 68.9. The van der Waals surface area contributed by atoms with Gasteiger partial charge in [0.05, 0.1) is 35.6 Å². The SMILES string of the molecule is CC(=O)O[C@@]12CO[C@@H]1C[C@H](O)[C@@]1(C)C(=O)[C@H](O)C3=C(C)[C@@H](OC(=O)[C@H](O)C(NC(=O)OC(C)(C)C)c4ccccc4)C[C@@](O)([C@@H](OC(=O)c4ccccc4)[C@H]21)C3(C)C. The van der Waals surface area contributed by atoms with Crippen molar-refractivity contribution in [3.63, 3.8) is 0 Å². The van der Waals surface area contributed by atoms with Crippen molar-refractivity contribution in [3.8, 4) is 0 Å². The minimum absolute atomic E-state index is 0.0637. The van der Waals surface area contributed by atoms with E-state index in [2.05, 4.69) is 5.32 Å². The van der Waals surface area contributed by atoms with Crippen LogP contribution in [0.5, 0.6) is 0 Å². The molecule has 15 heteroatoms. The molecule has 0 aromatic heterocycles. The summed E-state index contributed by atoms with van der Waals surface area (Å²) < 4.78 is 29.5. The molecule has 2 bridgehead atoms. The fourth-order valence-corrected chi connectivity index (χ4v) is 9.56. The number of fused-ring (bicyclic) bond motifs is 5. The average molecular weight is 808 g/mol. The number of esters is 3. The molecule has 3 fully saturated rings. The van der Waals surface area contributed by atoms with Crippen LogP contribution in [0, 0.1) is 16.7 Å². The lowest BCUT2D eigenvalue weighted by Crippen LogP contribution is -2.81. The molecular weight excluding hydrogens is 754 g/mol. The fourth-order valence-electron chi connectivity index (χ4n) is 9.56. The van der Waals surface area contributed by atoms with Gasteiger partial charge in [-0.1, -0.05) is 62.4 Å². The van der Waals surface area contributed by atoms with Gasteiger partial charge in [-0.15, -0.1) is 0 Å². The zero-order chi connectivity index (χ0) is 42.7. The number of hydrogen-bond acceptors (Lipinski definition) is 14. The van der Waals surface area contributed by atoms with Crippen LogP contribution in [-0.4, -0.2) is 110 Å². The summed E-state index contributed by atoms with van der Waals surface area (Å²) in [6, 6.07) is 14.6. The van der Waals surface area contributed by atoms with Gasteiger partial charge in [-0.25, -0.2) is 14.4 Å². The van der Waals surface area contributed by atoms with Crippen molar-refractivity contribution >= 4 is 29.8 Å². The van der Waals surface area contributed by atoms with Crippen LogP contribution in [0.2, 0.25) is 0 Å². The first-order valence-corrected chi connectivity index (χ1v) is 19.3. The summed E-state index contributed by atoms with van der Waals surface area (Å²) in [7, 11) is 0. The molecule has 0 spiro atoms. The number of carbonyl (C=O) groups is 5. The molecule has 3 aliphatic carbocycles. The van der Waals surface area contributed by atoms with E-state index in [9.17, 15) is 44.4 Å². The number of ketones is 1. The van der Waals surface area contributed by atoms with E-state index in [1.165, 1.54) is 26.0 Å². The average Bonchev–Trinajstić information content (AvgIpc) is 3.14. The van der Waals surface area contributed by atoms with Crippen molar-refractivity contribution in [2.24, 2.45) is 16.7 Å². The van der Waals surface area contributed by atoms with Gasteiger partial charge in [0.15, 0.2) is 17.5 Å². The molecule has 2 saturated carbocycles. The second-order valence-corrected chi connectivity index (χ2v) is 17.6. The highest BCUT2D eigenvalue weighted by Gasteiger charge is 2.78. The number of carbonyl (C=O) groups excluding carboxylic acids is 5. The van der Waals surface area contributed by atoms with Gasteiger partial charge in [-0.05, 0) is 63.5 Å². The summed E-state index contributed by atoms with van der Waals surface area (Å²) in [5, 5.41) is 51.6. The van der Waals surface area contributed by atoms with Crippen LogP contribution >= 0.6 is 0 Å². The van der Waals surface area contributed by atoms with Gasteiger partial charge in [0.25, 0.3) is 0 Å². The number of amides is 1. The normalized spacial score (nSPS) is 33.7. The highest BCUT2D eigenvalue weighted by atomic mass is 16.6. The summed E-state index contributed by atoms with van der Waals surface area (Å²) in [6.07, 6.45) is -11.5. The maximum Gasteiger partial charge on any atom is 0.408 e. The summed E-state index contributed by atoms with van der Waals surface area (Å²) in [6.45, 7) is 11.8. The van der Waals surface area contributed by atoms with Crippen molar-refractivity contribution in [2.75, 3.05) is 6.61 Å². The monoisotopic (exact) mass is 807 g/mol. The van der Waals surface area contributed by atoms with E-state index in [1.54, 1.807) is 83.1 Å². The molecule has 0 radical (unpaired) electrons.